The second-order valence-corrected chi connectivity index (χ2v) is 9.04. The number of aliphatic hydroxyl groups is 1. The molecule has 8 nitrogen and oxygen atoms in total. The number of imidazole rings is 1. The number of nitrogens with zero attached hydrogens (tertiary/aromatic N) is 4. The van der Waals surface area contributed by atoms with Crippen LogP contribution in [0.15, 0.2) is 47.7 Å². The summed E-state index contributed by atoms with van der Waals surface area (Å²) in [5, 5.41) is 16.3. The standard InChI is InChI=1S/C24H29FN6O2/c1-15(2)33-22-21-30-19(16-5-7-17(25)8-6-16)20(31(21)12-11-26-22)18-9-10-27-23(29-18)28-13-24(3,4)14-32/h5-12,15,23,28-29,32H,13-14H2,1-4H3. The fourth-order valence-electron chi connectivity index (χ4n) is 3.44. The van der Waals surface area contributed by atoms with Gasteiger partial charge in [-0.3, -0.25) is 14.7 Å². The van der Waals surface area contributed by atoms with Crippen LogP contribution >= 0.6 is 0 Å². The summed E-state index contributed by atoms with van der Waals surface area (Å²) in [7, 11) is 0. The molecule has 3 heterocycles. The van der Waals surface area contributed by atoms with Crippen LogP contribution in [0.3, 0.4) is 0 Å². The van der Waals surface area contributed by atoms with Crippen molar-refractivity contribution < 1.29 is 14.2 Å². The Morgan fingerprint density at radius 3 is 2.73 bits per heavy atom. The molecule has 0 saturated carbocycles. The largest absolute Gasteiger partial charge is 0.472 e. The van der Waals surface area contributed by atoms with Crippen LogP contribution in [0.5, 0.6) is 5.88 Å². The molecule has 3 aromatic rings. The summed E-state index contributed by atoms with van der Waals surface area (Å²) in [6.45, 7) is 8.45. The van der Waals surface area contributed by atoms with Gasteiger partial charge in [0.05, 0.1) is 23.2 Å². The molecule has 1 atom stereocenters. The van der Waals surface area contributed by atoms with Crippen LogP contribution in [0.25, 0.3) is 22.6 Å². The Morgan fingerprint density at radius 2 is 2.03 bits per heavy atom. The molecule has 9 heteroatoms. The summed E-state index contributed by atoms with van der Waals surface area (Å²) in [6.07, 6.45) is 6.65. The van der Waals surface area contributed by atoms with Crippen LogP contribution in [-0.4, -0.2) is 51.2 Å². The van der Waals surface area contributed by atoms with Gasteiger partial charge in [0.2, 0.25) is 5.65 Å². The number of halogens is 1. The average Bonchev–Trinajstić information content (AvgIpc) is 3.19. The van der Waals surface area contributed by atoms with Gasteiger partial charge in [0.15, 0.2) is 6.29 Å². The van der Waals surface area contributed by atoms with Crippen molar-refractivity contribution in [3.05, 3.63) is 54.2 Å². The van der Waals surface area contributed by atoms with Gasteiger partial charge in [-0.2, -0.15) is 0 Å². The van der Waals surface area contributed by atoms with E-state index in [4.69, 9.17) is 9.72 Å². The Labute approximate surface area is 192 Å². The molecule has 0 fully saturated rings. The molecule has 33 heavy (non-hydrogen) atoms. The molecule has 3 N–H and O–H groups in total. The quantitative estimate of drug-likeness (QED) is 0.486. The van der Waals surface area contributed by atoms with E-state index >= 15 is 0 Å². The molecule has 1 aliphatic rings. The van der Waals surface area contributed by atoms with Crippen LogP contribution in [-0.2, 0) is 0 Å². The minimum absolute atomic E-state index is 0.0622. The zero-order valence-corrected chi connectivity index (χ0v) is 19.2. The topological polar surface area (TPSA) is 96.1 Å². The molecule has 0 bridgehead atoms. The van der Waals surface area contributed by atoms with Gasteiger partial charge in [-0.05, 0) is 44.2 Å². The predicted molar refractivity (Wildman–Crippen MR) is 126 cm³/mol. The maximum Gasteiger partial charge on any atom is 0.258 e. The number of rotatable bonds is 8. The van der Waals surface area contributed by atoms with Crippen molar-refractivity contribution in [1.29, 1.82) is 0 Å². The predicted octanol–water partition coefficient (Wildman–Crippen LogP) is 3.23. The van der Waals surface area contributed by atoms with E-state index in [1.54, 1.807) is 24.5 Å². The molecule has 0 amide bonds. The number of aromatic nitrogens is 3. The fourth-order valence-corrected chi connectivity index (χ4v) is 3.44. The lowest BCUT2D eigenvalue weighted by Crippen LogP contribution is -2.46. The number of allylic oxidation sites excluding steroid dienone is 1. The van der Waals surface area contributed by atoms with E-state index in [1.807, 2.05) is 44.4 Å². The maximum absolute atomic E-state index is 13.6. The Kier molecular flexibility index (Phi) is 6.44. The number of hydrogen-bond acceptors (Lipinski definition) is 7. The number of benzene rings is 1. The summed E-state index contributed by atoms with van der Waals surface area (Å²) in [5.74, 6) is 0.110. The lowest BCUT2D eigenvalue weighted by atomic mass is 9.95. The zero-order chi connectivity index (χ0) is 23.6. The van der Waals surface area contributed by atoms with E-state index in [0.29, 0.717) is 23.8 Å². The first-order chi connectivity index (χ1) is 15.8. The van der Waals surface area contributed by atoms with Crippen molar-refractivity contribution in [2.45, 2.75) is 40.1 Å². The third-order valence-corrected chi connectivity index (χ3v) is 5.20. The molecule has 0 saturated heterocycles. The van der Waals surface area contributed by atoms with Crippen LogP contribution in [0, 0.1) is 11.2 Å². The first-order valence-corrected chi connectivity index (χ1v) is 10.9. The molecular weight excluding hydrogens is 423 g/mol. The molecule has 0 aliphatic carbocycles. The monoisotopic (exact) mass is 452 g/mol. The van der Waals surface area contributed by atoms with E-state index in [-0.39, 0.29) is 30.2 Å². The highest BCUT2D eigenvalue weighted by Gasteiger charge is 2.25. The number of fused-ring (bicyclic) bond motifs is 1. The number of aliphatic hydroxyl groups excluding tert-OH is 1. The molecule has 174 valence electrons. The maximum atomic E-state index is 13.6. The van der Waals surface area contributed by atoms with E-state index in [9.17, 15) is 9.50 Å². The number of aliphatic imine (C=N–C) groups is 1. The Bertz CT molecular complexity index is 1180. The molecule has 2 aromatic heterocycles. The van der Waals surface area contributed by atoms with Gasteiger partial charge in [0.1, 0.15) is 5.82 Å². The van der Waals surface area contributed by atoms with Crippen LogP contribution < -0.4 is 15.4 Å². The van der Waals surface area contributed by atoms with E-state index in [0.717, 1.165) is 17.0 Å². The highest BCUT2D eigenvalue weighted by Crippen LogP contribution is 2.32. The molecular formula is C24H29FN6O2. The number of nitrogens with one attached hydrogen (secondary N) is 2. The third-order valence-electron chi connectivity index (χ3n) is 5.20. The van der Waals surface area contributed by atoms with Crippen LogP contribution in [0.4, 0.5) is 4.39 Å². The molecule has 1 aliphatic heterocycles. The van der Waals surface area contributed by atoms with Gasteiger partial charge in [0.25, 0.3) is 5.88 Å². The summed E-state index contributed by atoms with van der Waals surface area (Å²) in [5.41, 5.74) is 3.29. The fraction of sp³-hybridized carbons (Fsp3) is 0.375. The average molecular weight is 453 g/mol. The Morgan fingerprint density at radius 1 is 1.27 bits per heavy atom. The summed E-state index contributed by atoms with van der Waals surface area (Å²) in [4.78, 5) is 13.7. The molecule has 0 spiro atoms. The lowest BCUT2D eigenvalue weighted by molar-refractivity contribution is 0.152. The summed E-state index contributed by atoms with van der Waals surface area (Å²) < 4.78 is 21.4. The van der Waals surface area contributed by atoms with Crippen molar-refractivity contribution in [1.82, 2.24) is 25.0 Å². The molecule has 1 unspecified atom stereocenters. The minimum Gasteiger partial charge on any atom is -0.472 e. The van der Waals surface area contributed by atoms with Gasteiger partial charge in [-0.1, -0.05) is 13.8 Å². The van der Waals surface area contributed by atoms with Crippen molar-refractivity contribution in [3.63, 3.8) is 0 Å². The third kappa shape index (κ3) is 5.04. The summed E-state index contributed by atoms with van der Waals surface area (Å²) in [6, 6.07) is 6.23. The SMILES string of the molecule is CC(C)Oc1nccn2c(C3=CC=NC(NCC(C)(C)CO)N3)c(-c3ccc(F)cc3)nc12. The van der Waals surface area contributed by atoms with Gasteiger partial charge < -0.3 is 15.2 Å². The second-order valence-electron chi connectivity index (χ2n) is 9.04. The lowest BCUT2D eigenvalue weighted by Gasteiger charge is -2.27. The highest BCUT2D eigenvalue weighted by molar-refractivity contribution is 5.89. The van der Waals surface area contributed by atoms with Gasteiger partial charge in [-0.15, -0.1) is 0 Å². The second kappa shape index (κ2) is 9.29. The molecule has 1 aromatic carbocycles. The first-order valence-electron chi connectivity index (χ1n) is 10.9. The van der Waals surface area contributed by atoms with Crippen LogP contribution in [0.1, 0.15) is 33.4 Å². The van der Waals surface area contributed by atoms with Gasteiger partial charge in [-0.25, -0.2) is 14.4 Å². The first kappa shape index (κ1) is 22.9. The van der Waals surface area contributed by atoms with Gasteiger partial charge >= 0.3 is 0 Å². The van der Waals surface area contributed by atoms with Crippen molar-refractivity contribution in [2.24, 2.45) is 10.4 Å². The van der Waals surface area contributed by atoms with Crippen LogP contribution in [0.2, 0.25) is 0 Å². The number of ether oxygens (including phenoxy) is 1. The molecule has 0 radical (unpaired) electrons. The van der Waals surface area contributed by atoms with E-state index < -0.39 is 0 Å². The van der Waals surface area contributed by atoms with Crippen molar-refractivity contribution in [2.75, 3.05) is 13.2 Å². The number of hydrogen-bond donors (Lipinski definition) is 3. The Hall–Kier alpha value is -3.30. The van der Waals surface area contributed by atoms with Crippen molar-refractivity contribution in [3.8, 4) is 17.1 Å². The van der Waals surface area contributed by atoms with Crippen molar-refractivity contribution >= 4 is 17.6 Å². The smallest absolute Gasteiger partial charge is 0.258 e. The van der Waals surface area contributed by atoms with E-state index in [1.165, 1.54) is 12.1 Å². The van der Waals surface area contributed by atoms with Gasteiger partial charge in [0, 0.05) is 42.7 Å². The molecule has 4 rings (SSSR count). The zero-order valence-electron chi connectivity index (χ0n) is 19.2. The summed E-state index contributed by atoms with van der Waals surface area (Å²) >= 11 is 0. The minimum atomic E-state index is -0.379. The normalized spacial score (nSPS) is 16.2. The Balaban J connectivity index is 1.77. The van der Waals surface area contributed by atoms with E-state index in [2.05, 4.69) is 20.6 Å². The highest BCUT2D eigenvalue weighted by atomic mass is 19.1.